The Morgan fingerprint density at radius 3 is 2.41 bits per heavy atom. The molecular weight excluding hydrogens is 400 g/mol. The van der Waals surface area contributed by atoms with Crippen LogP contribution in [0.3, 0.4) is 0 Å². The summed E-state index contributed by atoms with van der Waals surface area (Å²) in [5.41, 5.74) is 18.1. The molecule has 0 radical (unpaired) electrons. The number of ketones is 1. The van der Waals surface area contributed by atoms with Crippen molar-refractivity contribution in [3.05, 3.63) is 66.1 Å². The normalized spacial score (nSPS) is 18.7. The molecule has 4 N–H and O–H groups in total. The molecule has 0 aliphatic heterocycles. The van der Waals surface area contributed by atoms with Gasteiger partial charge in [-0.25, -0.2) is 4.98 Å². The van der Waals surface area contributed by atoms with Crippen LogP contribution >= 0.6 is 0 Å². The second-order valence-corrected chi connectivity index (χ2v) is 8.52. The molecule has 1 aliphatic carbocycles. The van der Waals surface area contributed by atoms with E-state index in [1.54, 1.807) is 10.7 Å². The van der Waals surface area contributed by atoms with Crippen molar-refractivity contribution < 1.29 is 4.79 Å². The zero-order valence-electron chi connectivity index (χ0n) is 18.0. The van der Waals surface area contributed by atoms with Gasteiger partial charge in [0.15, 0.2) is 11.4 Å². The van der Waals surface area contributed by atoms with E-state index in [4.69, 9.17) is 16.5 Å². The average molecular weight is 427 g/mol. The predicted octanol–water partition coefficient (Wildman–Crippen LogP) is 4.23. The quantitative estimate of drug-likeness (QED) is 0.472. The third-order valence-electron chi connectivity index (χ3n) is 6.37. The van der Waals surface area contributed by atoms with Gasteiger partial charge in [-0.15, -0.1) is 0 Å². The molecule has 5 rings (SSSR count). The number of nitrogens with two attached hydrogens (primary N) is 2. The molecule has 0 amide bonds. The van der Waals surface area contributed by atoms with Crippen molar-refractivity contribution in [3.8, 4) is 22.4 Å². The van der Waals surface area contributed by atoms with Gasteiger partial charge in [-0.05, 0) is 38.7 Å². The second-order valence-electron chi connectivity index (χ2n) is 8.52. The maximum absolute atomic E-state index is 12.5. The summed E-state index contributed by atoms with van der Waals surface area (Å²) in [6, 6.07) is 14.3. The summed E-state index contributed by atoms with van der Waals surface area (Å²) < 4.78 is 1.56. The Hall–Kier alpha value is -3.58. The van der Waals surface area contributed by atoms with E-state index in [-0.39, 0.29) is 17.7 Å². The average Bonchev–Trinajstić information content (AvgIpc) is 3.24. The highest BCUT2D eigenvalue weighted by atomic mass is 16.1. The van der Waals surface area contributed by atoms with Crippen molar-refractivity contribution in [2.75, 3.05) is 5.73 Å². The van der Waals surface area contributed by atoms with Crippen LogP contribution in [0.1, 0.15) is 54.6 Å². The van der Waals surface area contributed by atoms with Crippen LogP contribution in [0.2, 0.25) is 0 Å². The molecule has 3 aromatic heterocycles. The van der Waals surface area contributed by atoms with Gasteiger partial charge in [0.1, 0.15) is 5.82 Å². The molecule has 0 saturated heterocycles. The number of benzene rings is 1. The topological polar surface area (TPSA) is 112 Å². The zero-order valence-corrected chi connectivity index (χ0v) is 18.0. The number of nitrogen functional groups attached to an aromatic ring is 1. The molecule has 0 spiro atoms. The van der Waals surface area contributed by atoms with Gasteiger partial charge in [-0.3, -0.25) is 9.78 Å². The minimum Gasteiger partial charge on any atom is -0.383 e. The lowest BCUT2D eigenvalue weighted by molar-refractivity contribution is 0.101. The van der Waals surface area contributed by atoms with E-state index in [9.17, 15) is 4.79 Å². The Balaban J connectivity index is 1.60. The highest BCUT2D eigenvalue weighted by molar-refractivity contribution is 6.00. The number of hydrogen-bond donors (Lipinski definition) is 2. The molecule has 1 aliphatic rings. The number of carbonyl (C=O) groups is 1. The number of nitrogens with zero attached hydrogens (tertiary/aromatic N) is 4. The van der Waals surface area contributed by atoms with Gasteiger partial charge in [-0.1, -0.05) is 36.4 Å². The van der Waals surface area contributed by atoms with E-state index in [0.717, 1.165) is 53.8 Å². The number of Topliss-reactive ketones (excluding diaryl/α,β-unsaturated/α-hetero) is 1. The van der Waals surface area contributed by atoms with E-state index in [1.807, 2.05) is 48.7 Å². The van der Waals surface area contributed by atoms with Gasteiger partial charge in [0, 0.05) is 34.8 Å². The van der Waals surface area contributed by atoms with Crippen LogP contribution in [0.25, 0.3) is 28.0 Å². The smallest absolute Gasteiger partial charge is 0.165 e. The van der Waals surface area contributed by atoms with Gasteiger partial charge >= 0.3 is 0 Å². The molecule has 0 bridgehead atoms. The summed E-state index contributed by atoms with van der Waals surface area (Å²) in [5.74, 6) is 0.419. The Labute approximate surface area is 186 Å². The first kappa shape index (κ1) is 20.3. The molecule has 1 aromatic carbocycles. The van der Waals surface area contributed by atoms with Crippen molar-refractivity contribution in [2.24, 2.45) is 5.73 Å². The fraction of sp³-hybridized carbons (Fsp3) is 0.280. The predicted molar refractivity (Wildman–Crippen MR) is 125 cm³/mol. The monoisotopic (exact) mass is 426 g/mol. The maximum atomic E-state index is 12.5. The maximum Gasteiger partial charge on any atom is 0.165 e. The van der Waals surface area contributed by atoms with E-state index in [1.165, 1.54) is 6.92 Å². The van der Waals surface area contributed by atoms with Gasteiger partial charge in [0.25, 0.3) is 0 Å². The minimum atomic E-state index is -0.0901. The Morgan fingerprint density at radius 2 is 1.75 bits per heavy atom. The first-order valence-corrected chi connectivity index (χ1v) is 11.0. The lowest BCUT2D eigenvalue weighted by Gasteiger charge is -2.27. The summed E-state index contributed by atoms with van der Waals surface area (Å²) >= 11 is 0. The van der Waals surface area contributed by atoms with Crippen LogP contribution < -0.4 is 11.5 Å². The van der Waals surface area contributed by atoms with Gasteiger partial charge < -0.3 is 11.5 Å². The number of aromatic nitrogens is 4. The Kier molecular flexibility index (Phi) is 5.19. The molecule has 0 unspecified atom stereocenters. The van der Waals surface area contributed by atoms with Crippen molar-refractivity contribution >= 4 is 17.2 Å². The molecule has 1 fully saturated rings. The van der Waals surface area contributed by atoms with Crippen LogP contribution in [-0.4, -0.2) is 31.4 Å². The summed E-state index contributed by atoms with van der Waals surface area (Å²) in [6.45, 7) is 1.54. The van der Waals surface area contributed by atoms with Crippen LogP contribution in [0, 0.1) is 0 Å². The minimum absolute atomic E-state index is 0.0901. The van der Waals surface area contributed by atoms with Gasteiger partial charge in [0.05, 0.1) is 23.1 Å². The van der Waals surface area contributed by atoms with Crippen molar-refractivity contribution in [1.29, 1.82) is 0 Å². The highest BCUT2D eigenvalue weighted by Crippen LogP contribution is 2.37. The number of rotatable bonds is 4. The fourth-order valence-electron chi connectivity index (χ4n) is 4.62. The Morgan fingerprint density at radius 1 is 1.00 bits per heavy atom. The van der Waals surface area contributed by atoms with E-state index < -0.39 is 0 Å². The standard InChI is InChI=1S/C25H26N6O/c1-15(32)22-23(17-7-10-19(26)11-8-17)30-25-20(14-29-31(25)24(22)27)18-9-12-21(28-13-18)16-5-3-2-4-6-16/h2-6,9,12-14,17,19H,7-8,10-11,26-27H2,1H3/t17-,19+. The van der Waals surface area contributed by atoms with Crippen molar-refractivity contribution in [1.82, 2.24) is 19.6 Å². The second kappa shape index (κ2) is 8.16. The number of carbonyl (C=O) groups excluding carboxylic acids is 1. The van der Waals surface area contributed by atoms with Crippen molar-refractivity contribution in [2.45, 2.75) is 44.6 Å². The molecule has 7 nitrogen and oxygen atoms in total. The number of hydrogen-bond acceptors (Lipinski definition) is 6. The summed E-state index contributed by atoms with van der Waals surface area (Å²) in [7, 11) is 0. The third-order valence-corrected chi connectivity index (χ3v) is 6.37. The van der Waals surface area contributed by atoms with Crippen LogP contribution in [0.5, 0.6) is 0 Å². The van der Waals surface area contributed by atoms with Crippen LogP contribution in [0.4, 0.5) is 5.82 Å². The van der Waals surface area contributed by atoms with E-state index in [2.05, 4.69) is 10.1 Å². The summed E-state index contributed by atoms with van der Waals surface area (Å²) in [4.78, 5) is 22.1. The van der Waals surface area contributed by atoms with Crippen LogP contribution in [0.15, 0.2) is 54.9 Å². The molecule has 3 heterocycles. The molecule has 1 saturated carbocycles. The number of fused-ring (bicyclic) bond motifs is 1. The Bertz CT molecular complexity index is 1270. The zero-order chi connectivity index (χ0) is 22.2. The molecular formula is C25H26N6O. The van der Waals surface area contributed by atoms with Gasteiger partial charge in [0.2, 0.25) is 0 Å². The molecule has 7 heteroatoms. The van der Waals surface area contributed by atoms with E-state index >= 15 is 0 Å². The van der Waals surface area contributed by atoms with Gasteiger partial charge in [-0.2, -0.15) is 9.61 Å². The van der Waals surface area contributed by atoms with Crippen LogP contribution in [-0.2, 0) is 0 Å². The lowest BCUT2D eigenvalue weighted by Crippen LogP contribution is -2.27. The lowest BCUT2D eigenvalue weighted by atomic mass is 9.82. The largest absolute Gasteiger partial charge is 0.383 e. The number of anilines is 1. The fourth-order valence-corrected chi connectivity index (χ4v) is 4.62. The molecule has 162 valence electrons. The summed E-state index contributed by atoms with van der Waals surface area (Å²) in [6.07, 6.45) is 7.22. The number of pyridine rings is 1. The highest BCUT2D eigenvalue weighted by Gasteiger charge is 2.28. The molecule has 4 aromatic rings. The first-order valence-electron chi connectivity index (χ1n) is 11.0. The summed E-state index contributed by atoms with van der Waals surface area (Å²) in [5, 5.41) is 4.45. The van der Waals surface area contributed by atoms with E-state index in [0.29, 0.717) is 17.0 Å². The first-order chi connectivity index (χ1) is 15.5. The van der Waals surface area contributed by atoms with Crippen molar-refractivity contribution in [3.63, 3.8) is 0 Å². The third kappa shape index (κ3) is 3.54. The molecule has 0 atom stereocenters. The SMILES string of the molecule is CC(=O)c1c(N)n2ncc(-c3ccc(-c4ccccc4)nc3)c2nc1[C@H]1CC[C@@H](N)CC1. The molecule has 32 heavy (non-hydrogen) atoms.